The molecule has 0 unspecified atom stereocenters. The van der Waals surface area contributed by atoms with E-state index in [0.717, 1.165) is 10.9 Å². The number of H-pyrrole nitrogens is 2. The van der Waals surface area contributed by atoms with Gasteiger partial charge in [0.15, 0.2) is 5.69 Å². The zero-order valence-corrected chi connectivity index (χ0v) is 14.1. The van der Waals surface area contributed by atoms with Gasteiger partial charge in [0, 0.05) is 36.2 Å². The monoisotopic (exact) mass is 353 g/mol. The molecule has 2 aromatic heterocycles. The highest BCUT2D eigenvalue weighted by molar-refractivity contribution is 6.04. The molecule has 1 aliphatic rings. The highest BCUT2D eigenvalue weighted by Gasteiger charge is 2.26. The van der Waals surface area contributed by atoms with Gasteiger partial charge in [-0.15, -0.1) is 0 Å². The Morgan fingerprint density at radius 3 is 3.12 bits per heavy atom. The number of amides is 1. The number of ether oxygens (including phenoxy) is 1. The number of benzene rings is 1. The Labute approximate surface area is 149 Å². The van der Waals surface area contributed by atoms with E-state index in [1.54, 1.807) is 4.90 Å². The van der Waals surface area contributed by atoms with E-state index in [2.05, 4.69) is 20.2 Å². The Balaban J connectivity index is 1.54. The first-order chi connectivity index (χ1) is 12.7. The van der Waals surface area contributed by atoms with Crippen molar-refractivity contribution in [3.05, 3.63) is 58.4 Å². The van der Waals surface area contributed by atoms with Gasteiger partial charge >= 0.3 is 0 Å². The largest absolute Gasteiger partial charge is 0.379 e. The predicted molar refractivity (Wildman–Crippen MR) is 94.9 cm³/mol. The first-order valence-corrected chi connectivity index (χ1v) is 8.54. The normalized spacial score (nSPS) is 18.0. The van der Waals surface area contributed by atoms with Gasteiger partial charge in [-0.25, -0.2) is 4.98 Å². The molecule has 1 aliphatic heterocycles. The average molecular weight is 353 g/mol. The molecule has 0 radical (unpaired) electrons. The molecule has 0 bridgehead atoms. The van der Waals surface area contributed by atoms with Gasteiger partial charge in [-0.3, -0.25) is 14.7 Å². The second kappa shape index (κ2) is 7.09. The quantitative estimate of drug-likeness (QED) is 0.730. The van der Waals surface area contributed by atoms with Crippen LogP contribution in [-0.4, -0.2) is 57.3 Å². The number of rotatable bonds is 3. The first-order valence-electron chi connectivity index (χ1n) is 8.54. The molecule has 3 aromatic rings. The third kappa shape index (κ3) is 3.36. The van der Waals surface area contributed by atoms with E-state index in [1.807, 2.05) is 24.3 Å². The number of carbonyl (C=O) groups is 1. The lowest BCUT2D eigenvalue weighted by molar-refractivity contribution is 0.0733. The third-order valence-corrected chi connectivity index (χ3v) is 4.53. The van der Waals surface area contributed by atoms with Gasteiger partial charge in [0.05, 0.1) is 25.1 Å². The molecule has 8 nitrogen and oxygen atoms in total. The predicted octanol–water partition coefficient (Wildman–Crippen LogP) is 0.977. The second-order valence-electron chi connectivity index (χ2n) is 6.42. The van der Waals surface area contributed by atoms with Gasteiger partial charge in [-0.05, 0) is 12.5 Å². The number of fused-ring (bicyclic) bond motifs is 1. The molecule has 2 N–H and O–H groups in total. The highest BCUT2D eigenvalue weighted by atomic mass is 16.5. The van der Waals surface area contributed by atoms with E-state index in [-0.39, 0.29) is 17.4 Å². The van der Waals surface area contributed by atoms with Crippen molar-refractivity contribution in [3.63, 3.8) is 0 Å². The van der Waals surface area contributed by atoms with Crippen LogP contribution in [0, 0.1) is 5.92 Å². The van der Waals surface area contributed by atoms with Crippen molar-refractivity contribution in [2.45, 2.75) is 6.42 Å². The molecule has 1 amide bonds. The molecule has 4 rings (SSSR count). The summed E-state index contributed by atoms with van der Waals surface area (Å²) in [5, 5.41) is 7.93. The number of aromatic nitrogens is 4. The van der Waals surface area contributed by atoms with Crippen LogP contribution in [0.4, 0.5) is 0 Å². The number of para-hydroxylation sites is 1. The van der Waals surface area contributed by atoms with E-state index in [4.69, 9.17) is 4.74 Å². The van der Waals surface area contributed by atoms with Crippen LogP contribution in [0.1, 0.15) is 16.2 Å². The van der Waals surface area contributed by atoms with Crippen molar-refractivity contribution < 1.29 is 9.53 Å². The van der Waals surface area contributed by atoms with Crippen LogP contribution in [0.3, 0.4) is 0 Å². The lowest BCUT2D eigenvalue weighted by Gasteiger charge is -2.22. The maximum absolute atomic E-state index is 13.0. The summed E-state index contributed by atoms with van der Waals surface area (Å²) in [6.45, 7) is 2.06. The minimum atomic E-state index is -0.180. The molecule has 1 fully saturated rings. The van der Waals surface area contributed by atoms with Crippen LogP contribution in [0.2, 0.25) is 0 Å². The summed E-state index contributed by atoms with van der Waals surface area (Å²) < 4.78 is 5.66. The van der Waals surface area contributed by atoms with Crippen LogP contribution >= 0.6 is 0 Å². The van der Waals surface area contributed by atoms with Crippen LogP contribution in [0.5, 0.6) is 0 Å². The highest BCUT2D eigenvalue weighted by Crippen LogP contribution is 2.19. The molecular formula is C18H19N5O3. The summed E-state index contributed by atoms with van der Waals surface area (Å²) >= 11 is 0. The topological polar surface area (TPSA) is 104 Å². The molecule has 0 aliphatic carbocycles. The molecular weight excluding hydrogens is 334 g/mol. The number of hydrogen-bond donors (Lipinski definition) is 2. The third-order valence-electron chi connectivity index (χ3n) is 4.53. The van der Waals surface area contributed by atoms with E-state index >= 15 is 0 Å². The zero-order chi connectivity index (χ0) is 17.9. The Kier molecular flexibility index (Phi) is 4.49. The van der Waals surface area contributed by atoms with Crippen molar-refractivity contribution in [1.29, 1.82) is 0 Å². The van der Waals surface area contributed by atoms with Gasteiger partial charge < -0.3 is 14.6 Å². The number of carbonyl (C=O) groups excluding carboxylic acids is 1. The standard InChI is InChI=1S/C18H19N5O3/c24-16-8-13(19-11-20-16)7-12-9-23(5-6-26-10-12)18(25)17-14-3-1-2-4-15(14)21-22-17/h1-4,8,11-12H,5-7,9-10H2,(H,21,22)(H,19,20,24)/t12-/m1/s1. The fourth-order valence-electron chi connectivity index (χ4n) is 3.28. The molecule has 1 saturated heterocycles. The Hall–Kier alpha value is -3.00. The summed E-state index contributed by atoms with van der Waals surface area (Å²) in [5.41, 5.74) is 1.78. The summed E-state index contributed by atoms with van der Waals surface area (Å²) in [7, 11) is 0. The number of hydrogen-bond acceptors (Lipinski definition) is 5. The molecule has 134 valence electrons. The molecule has 0 spiro atoms. The van der Waals surface area contributed by atoms with Gasteiger partial charge in [-0.1, -0.05) is 18.2 Å². The summed E-state index contributed by atoms with van der Waals surface area (Å²) in [6, 6.07) is 9.06. The fraction of sp³-hybridized carbons (Fsp3) is 0.333. The van der Waals surface area contributed by atoms with Gasteiger partial charge in [-0.2, -0.15) is 5.10 Å². The van der Waals surface area contributed by atoms with Crippen LogP contribution in [0.25, 0.3) is 10.9 Å². The lowest BCUT2D eigenvalue weighted by atomic mass is 10.0. The molecule has 8 heteroatoms. The van der Waals surface area contributed by atoms with Crippen molar-refractivity contribution in [2.75, 3.05) is 26.3 Å². The molecule has 1 aromatic carbocycles. The van der Waals surface area contributed by atoms with Gasteiger partial charge in [0.1, 0.15) is 0 Å². The van der Waals surface area contributed by atoms with Crippen molar-refractivity contribution in [1.82, 2.24) is 25.1 Å². The van der Waals surface area contributed by atoms with Crippen molar-refractivity contribution >= 4 is 16.8 Å². The number of aromatic amines is 2. The maximum atomic E-state index is 13.0. The van der Waals surface area contributed by atoms with Crippen LogP contribution < -0.4 is 5.56 Å². The number of nitrogens with one attached hydrogen (secondary N) is 2. The van der Waals surface area contributed by atoms with Crippen molar-refractivity contribution in [3.8, 4) is 0 Å². The summed E-state index contributed by atoms with van der Waals surface area (Å²) in [6.07, 6.45) is 1.98. The van der Waals surface area contributed by atoms with Gasteiger partial charge in [0.2, 0.25) is 0 Å². The number of nitrogens with zero attached hydrogens (tertiary/aromatic N) is 3. The zero-order valence-electron chi connectivity index (χ0n) is 14.1. The minimum absolute atomic E-state index is 0.0703. The lowest BCUT2D eigenvalue weighted by Crippen LogP contribution is -2.36. The van der Waals surface area contributed by atoms with E-state index in [0.29, 0.717) is 44.1 Å². The molecule has 26 heavy (non-hydrogen) atoms. The van der Waals surface area contributed by atoms with Crippen molar-refractivity contribution in [2.24, 2.45) is 5.92 Å². The smallest absolute Gasteiger partial charge is 0.275 e. The molecule has 0 saturated carbocycles. The molecule has 1 atom stereocenters. The van der Waals surface area contributed by atoms with Gasteiger partial charge in [0.25, 0.3) is 11.5 Å². The molecule has 3 heterocycles. The SMILES string of the molecule is O=C(c1n[nH]c2ccccc12)N1CCOC[C@H](Cc2cc(=O)[nH]cn2)C1. The van der Waals surface area contributed by atoms with Crippen LogP contribution in [-0.2, 0) is 11.2 Å². The Bertz CT molecular complexity index is 980. The van der Waals surface area contributed by atoms with Crippen LogP contribution in [0.15, 0.2) is 41.5 Å². The Morgan fingerprint density at radius 2 is 2.23 bits per heavy atom. The minimum Gasteiger partial charge on any atom is -0.379 e. The fourth-order valence-corrected chi connectivity index (χ4v) is 3.28. The Morgan fingerprint density at radius 1 is 1.35 bits per heavy atom. The summed E-state index contributed by atoms with van der Waals surface area (Å²) in [4.78, 5) is 32.9. The summed E-state index contributed by atoms with van der Waals surface area (Å²) in [5.74, 6) is -0.0437. The maximum Gasteiger partial charge on any atom is 0.275 e. The van der Waals surface area contributed by atoms with E-state index < -0.39 is 0 Å². The second-order valence-corrected chi connectivity index (χ2v) is 6.42. The van der Waals surface area contributed by atoms with E-state index in [9.17, 15) is 9.59 Å². The average Bonchev–Trinajstić information content (AvgIpc) is 2.94. The first kappa shape index (κ1) is 16.5. The van der Waals surface area contributed by atoms with E-state index in [1.165, 1.54) is 12.4 Å².